The van der Waals surface area contributed by atoms with Gasteiger partial charge in [-0.05, 0) is 68.7 Å². The Kier molecular flexibility index (Phi) is 6.43. The lowest BCUT2D eigenvalue weighted by molar-refractivity contribution is -0.135. The molecule has 8 heteroatoms. The first kappa shape index (κ1) is 23.2. The lowest BCUT2D eigenvalue weighted by Gasteiger charge is -2.43. The number of hydrogen-bond acceptors (Lipinski definition) is 5. The van der Waals surface area contributed by atoms with Crippen molar-refractivity contribution in [3.63, 3.8) is 0 Å². The summed E-state index contributed by atoms with van der Waals surface area (Å²) in [4.78, 5) is 27.1. The molecule has 0 aliphatic carbocycles. The predicted octanol–water partition coefficient (Wildman–Crippen LogP) is 4.81. The van der Waals surface area contributed by atoms with E-state index in [0.717, 1.165) is 23.2 Å². The van der Waals surface area contributed by atoms with Gasteiger partial charge in [0.15, 0.2) is 0 Å². The van der Waals surface area contributed by atoms with E-state index in [1.807, 2.05) is 29.2 Å². The highest BCUT2D eigenvalue weighted by Gasteiger charge is 2.45. The first-order valence-corrected chi connectivity index (χ1v) is 11.6. The van der Waals surface area contributed by atoms with Gasteiger partial charge in [0.1, 0.15) is 11.4 Å². The Balaban J connectivity index is 1.53. The number of phenols is 1. The zero-order valence-electron chi connectivity index (χ0n) is 19.1. The summed E-state index contributed by atoms with van der Waals surface area (Å²) >= 11 is 6.26. The summed E-state index contributed by atoms with van der Waals surface area (Å²) in [6.07, 6.45) is 0.416. The van der Waals surface area contributed by atoms with Gasteiger partial charge in [0.25, 0.3) is 0 Å². The molecule has 1 saturated heterocycles. The van der Waals surface area contributed by atoms with Crippen LogP contribution in [0.1, 0.15) is 56.7 Å². The number of aromatic hydroxyl groups is 1. The summed E-state index contributed by atoms with van der Waals surface area (Å²) in [5.41, 5.74) is 2.46. The molecule has 176 valence electrons. The minimum atomic E-state index is -0.595. The monoisotopic (exact) mass is 471 g/mol. The maximum atomic E-state index is 13.3. The van der Waals surface area contributed by atoms with E-state index >= 15 is 0 Å². The summed E-state index contributed by atoms with van der Waals surface area (Å²) in [7, 11) is 0. The summed E-state index contributed by atoms with van der Waals surface area (Å²) in [5.74, 6) is 0.302. The average molecular weight is 472 g/mol. The fourth-order valence-corrected chi connectivity index (χ4v) is 4.98. The van der Waals surface area contributed by atoms with Crippen molar-refractivity contribution >= 4 is 29.3 Å². The van der Waals surface area contributed by atoms with Crippen LogP contribution < -0.4 is 10.6 Å². The number of ether oxygens (including phenoxy) is 1. The maximum absolute atomic E-state index is 13.3. The number of fused-ring (bicyclic) bond motifs is 3. The minimum Gasteiger partial charge on any atom is -0.508 e. The molecule has 0 spiro atoms. The van der Waals surface area contributed by atoms with Gasteiger partial charge in [-0.2, -0.15) is 0 Å². The predicted molar refractivity (Wildman–Crippen MR) is 128 cm³/mol. The van der Waals surface area contributed by atoms with Crippen LogP contribution in [0.5, 0.6) is 5.75 Å². The molecule has 2 aromatic carbocycles. The Labute approximate surface area is 199 Å². The van der Waals surface area contributed by atoms with Crippen molar-refractivity contribution in [2.45, 2.75) is 57.2 Å². The van der Waals surface area contributed by atoms with Crippen molar-refractivity contribution in [2.75, 3.05) is 18.4 Å². The lowest BCUT2D eigenvalue weighted by Crippen LogP contribution is -2.49. The first-order valence-electron chi connectivity index (χ1n) is 11.2. The molecule has 3 N–H and O–H groups in total. The molecule has 2 heterocycles. The van der Waals surface area contributed by atoms with E-state index in [-0.39, 0.29) is 42.6 Å². The molecule has 7 nitrogen and oxygen atoms in total. The maximum Gasteiger partial charge on any atom is 0.407 e. The van der Waals surface area contributed by atoms with E-state index in [4.69, 9.17) is 16.3 Å². The molecule has 2 aliphatic rings. The van der Waals surface area contributed by atoms with Crippen LogP contribution in [0, 0.1) is 0 Å². The van der Waals surface area contributed by atoms with Crippen LogP contribution in [0.4, 0.5) is 10.5 Å². The molecule has 0 aromatic heterocycles. The number of piperidine rings is 1. The second kappa shape index (κ2) is 9.14. The number of nitrogens with zero attached hydrogens (tertiary/aromatic N) is 1. The number of carbonyl (C=O) groups is 2. The van der Waals surface area contributed by atoms with Crippen LogP contribution in [-0.2, 0) is 9.53 Å². The quantitative estimate of drug-likeness (QED) is 0.595. The van der Waals surface area contributed by atoms with E-state index < -0.39 is 11.7 Å². The van der Waals surface area contributed by atoms with Gasteiger partial charge in [0.2, 0.25) is 5.91 Å². The van der Waals surface area contributed by atoms with Crippen molar-refractivity contribution in [1.82, 2.24) is 10.2 Å². The Morgan fingerprint density at radius 2 is 2.03 bits per heavy atom. The fraction of sp³-hybridized carbons (Fsp3) is 0.440. The topological polar surface area (TPSA) is 90.9 Å². The molecule has 3 atom stereocenters. The van der Waals surface area contributed by atoms with E-state index in [0.29, 0.717) is 11.6 Å². The first-order chi connectivity index (χ1) is 15.6. The van der Waals surface area contributed by atoms with Crippen LogP contribution in [0.3, 0.4) is 0 Å². The molecule has 4 rings (SSSR count). The normalized spacial score (nSPS) is 21.6. The molecule has 1 fully saturated rings. The van der Waals surface area contributed by atoms with Gasteiger partial charge in [0, 0.05) is 36.1 Å². The molecule has 3 unspecified atom stereocenters. The number of likely N-dealkylation sites (tertiary alicyclic amines) is 1. The number of nitrogens with one attached hydrogen (secondary N) is 2. The van der Waals surface area contributed by atoms with E-state index in [2.05, 4.69) is 10.6 Å². The molecular weight excluding hydrogens is 442 g/mol. The number of anilines is 1. The smallest absolute Gasteiger partial charge is 0.407 e. The molecule has 0 radical (unpaired) electrons. The minimum absolute atomic E-state index is 0.0446. The number of alkyl carbamates (subject to hydrolysis) is 1. The highest BCUT2D eigenvalue weighted by molar-refractivity contribution is 6.30. The molecule has 0 bridgehead atoms. The molecule has 2 amide bonds. The van der Waals surface area contributed by atoms with E-state index in [1.54, 1.807) is 39.0 Å². The summed E-state index contributed by atoms with van der Waals surface area (Å²) in [6, 6.07) is 12.6. The SMILES string of the molecule is CC(C)(C)OC(=O)NCCC(=O)N1CCC2c3cc(Cl)ccc3NC2C1c1cccc(O)c1. The molecule has 2 aliphatic heterocycles. The molecule has 33 heavy (non-hydrogen) atoms. The standard InChI is InChI=1S/C25H30ClN3O4/c1-25(2,3)33-24(32)27-11-9-21(31)29-12-10-18-19-14-16(26)7-8-20(19)28-22(18)23(29)15-5-4-6-17(30)13-15/h4-8,13-14,18,22-23,28,30H,9-12H2,1-3H3,(H,27,32). The van der Waals surface area contributed by atoms with Crippen molar-refractivity contribution in [2.24, 2.45) is 0 Å². The van der Waals surface area contributed by atoms with Crippen molar-refractivity contribution in [3.8, 4) is 5.75 Å². The van der Waals surface area contributed by atoms with Gasteiger partial charge in [-0.15, -0.1) is 0 Å². The summed E-state index contributed by atoms with van der Waals surface area (Å²) in [6.45, 7) is 6.14. The zero-order valence-corrected chi connectivity index (χ0v) is 19.9. The van der Waals surface area contributed by atoms with Gasteiger partial charge in [-0.3, -0.25) is 4.79 Å². The Morgan fingerprint density at radius 3 is 2.76 bits per heavy atom. The molecule has 0 saturated carbocycles. The Hall–Kier alpha value is -2.93. The van der Waals surface area contributed by atoms with Crippen molar-refractivity contribution in [1.29, 1.82) is 0 Å². The molecular formula is C25H30ClN3O4. The largest absolute Gasteiger partial charge is 0.508 e. The molecule has 2 aromatic rings. The third-order valence-corrected chi connectivity index (χ3v) is 6.30. The third kappa shape index (κ3) is 5.19. The number of benzene rings is 2. The van der Waals surface area contributed by atoms with Crippen molar-refractivity contribution in [3.05, 3.63) is 58.6 Å². The lowest BCUT2D eigenvalue weighted by atomic mass is 9.80. The number of carbonyl (C=O) groups excluding carboxylic acids is 2. The zero-order chi connectivity index (χ0) is 23.8. The highest BCUT2D eigenvalue weighted by Crippen LogP contribution is 2.48. The van der Waals surface area contributed by atoms with Gasteiger partial charge in [-0.25, -0.2) is 4.79 Å². The third-order valence-electron chi connectivity index (χ3n) is 6.06. The summed E-state index contributed by atoms with van der Waals surface area (Å²) < 4.78 is 5.25. The number of halogens is 1. The summed E-state index contributed by atoms with van der Waals surface area (Å²) in [5, 5.41) is 17.1. The highest BCUT2D eigenvalue weighted by atomic mass is 35.5. The number of phenolic OH excluding ortho intramolecular Hbond substituents is 1. The Bertz CT molecular complexity index is 1050. The van der Waals surface area contributed by atoms with Gasteiger partial charge >= 0.3 is 6.09 Å². The second-order valence-electron chi connectivity index (χ2n) is 9.60. The second-order valence-corrected chi connectivity index (χ2v) is 10.0. The van der Waals surface area contributed by atoms with Crippen LogP contribution in [0.25, 0.3) is 0 Å². The Morgan fingerprint density at radius 1 is 1.24 bits per heavy atom. The van der Waals surface area contributed by atoms with Gasteiger partial charge in [0.05, 0.1) is 12.1 Å². The van der Waals surface area contributed by atoms with E-state index in [1.165, 1.54) is 0 Å². The van der Waals surface area contributed by atoms with Crippen LogP contribution in [0.2, 0.25) is 5.02 Å². The average Bonchev–Trinajstić information content (AvgIpc) is 3.09. The van der Waals surface area contributed by atoms with Crippen LogP contribution >= 0.6 is 11.6 Å². The fourth-order valence-electron chi connectivity index (χ4n) is 4.80. The number of rotatable bonds is 4. The van der Waals surface area contributed by atoms with Crippen molar-refractivity contribution < 1.29 is 19.4 Å². The number of amides is 2. The van der Waals surface area contributed by atoms with Gasteiger partial charge < -0.3 is 25.4 Å². The van der Waals surface area contributed by atoms with Crippen LogP contribution in [-0.4, -0.2) is 46.7 Å². The van der Waals surface area contributed by atoms with Crippen LogP contribution in [0.15, 0.2) is 42.5 Å². The van der Waals surface area contributed by atoms with Gasteiger partial charge in [-0.1, -0.05) is 23.7 Å². The number of hydrogen-bond donors (Lipinski definition) is 3. The van der Waals surface area contributed by atoms with E-state index in [9.17, 15) is 14.7 Å².